The minimum absolute atomic E-state index is 0.264. The van der Waals surface area contributed by atoms with Crippen LogP contribution in [0.1, 0.15) is 33.1 Å². The van der Waals surface area contributed by atoms with E-state index in [1.54, 1.807) is 13.8 Å². The van der Waals surface area contributed by atoms with E-state index in [1.807, 2.05) is 0 Å². The topological polar surface area (TPSA) is 0 Å². The van der Waals surface area contributed by atoms with Crippen molar-refractivity contribution in [2.24, 2.45) is 23.2 Å². The van der Waals surface area contributed by atoms with Crippen LogP contribution in [0.15, 0.2) is 0 Å². The minimum atomic E-state index is -3.99. The zero-order valence-electron chi connectivity index (χ0n) is 7.99. The van der Waals surface area contributed by atoms with Crippen molar-refractivity contribution in [2.45, 2.75) is 39.3 Å². The fraction of sp³-hybridized carbons (Fsp3) is 1.00. The summed E-state index contributed by atoms with van der Waals surface area (Å²) in [5.41, 5.74) is -1.35. The fourth-order valence-electron chi connectivity index (χ4n) is 2.86. The van der Waals surface area contributed by atoms with Crippen LogP contribution in [0.5, 0.6) is 0 Å². The maximum atomic E-state index is 12.9. The number of halogens is 3. The molecule has 0 saturated heterocycles. The molecule has 0 radical (unpaired) electrons. The zero-order chi connectivity index (χ0) is 9.85. The third-order valence-corrected chi connectivity index (χ3v) is 3.99. The lowest BCUT2D eigenvalue weighted by atomic mass is 9.73. The van der Waals surface area contributed by atoms with Gasteiger partial charge in [0.25, 0.3) is 0 Å². The first-order valence-electron chi connectivity index (χ1n) is 4.93. The summed E-state index contributed by atoms with van der Waals surface area (Å²) in [6.07, 6.45) is -2.17. The highest BCUT2D eigenvalue weighted by Gasteiger charge is 2.66. The molecule has 0 aromatic carbocycles. The monoisotopic (exact) mass is 192 g/mol. The highest BCUT2D eigenvalue weighted by molar-refractivity contribution is 5.07. The van der Waals surface area contributed by atoms with Crippen LogP contribution >= 0.6 is 0 Å². The largest absolute Gasteiger partial charge is 0.394 e. The Bertz CT molecular complexity index is 207. The van der Waals surface area contributed by atoms with Crippen LogP contribution in [-0.4, -0.2) is 6.18 Å². The lowest BCUT2D eigenvalue weighted by Crippen LogP contribution is -2.41. The van der Waals surface area contributed by atoms with Crippen molar-refractivity contribution < 1.29 is 13.2 Å². The van der Waals surface area contributed by atoms with Crippen molar-refractivity contribution in [3.63, 3.8) is 0 Å². The maximum absolute atomic E-state index is 12.9. The Labute approximate surface area is 76.5 Å². The van der Waals surface area contributed by atoms with E-state index >= 15 is 0 Å². The molecule has 0 amide bonds. The Morgan fingerprint density at radius 3 is 1.85 bits per heavy atom. The summed E-state index contributed by atoms with van der Waals surface area (Å²) in [5.74, 6) is 0.522. The van der Waals surface area contributed by atoms with Crippen LogP contribution in [0.2, 0.25) is 0 Å². The van der Waals surface area contributed by atoms with Gasteiger partial charge < -0.3 is 0 Å². The summed E-state index contributed by atoms with van der Waals surface area (Å²) in [5, 5.41) is 0. The summed E-state index contributed by atoms with van der Waals surface area (Å²) < 4.78 is 38.6. The zero-order valence-corrected chi connectivity index (χ0v) is 7.99. The summed E-state index contributed by atoms with van der Waals surface area (Å²) >= 11 is 0. The second-order valence-electron chi connectivity index (χ2n) is 4.97. The number of fused-ring (bicyclic) bond motifs is 1. The second kappa shape index (κ2) is 2.43. The molecule has 3 heteroatoms. The Hall–Kier alpha value is -0.210. The molecule has 2 saturated carbocycles. The van der Waals surface area contributed by atoms with Crippen LogP contribution < -0.4 is 0 Å². The molecule has 2 rings (SSSR count). The molecule has 2 atom stereocenters. The average Bonchev–Trinajstić information content (AvgIpc) is 2.56. The van der Waals surface area contributed by atoms with Crippen molar-refractivity contribution in [1.82, 2.24) is 0 Å². The normalized spacial score (nSPS) is 43.8. The Morgan fingerprint density at radius 2 is 1.62 bits per heavy atom. The van der Waals surface area contributed by atoms with E-state index in [-0.39, 0.29) is 5.92 Å². The molecular weight excluding hydrogens is 177 g/mol. The maximum Gasteiger partial charge on any atom is 0.394 e. The third kappa shape index (κ3) is 1.19. The lowest BCUT2D eigenvalue weighted by molar-refractivity contribution is -0.241. The molecule has 0 heterocycles. The fourth-order valence-corrected chi connectivity index (χ4v) is 2.86. The van der Waals surface area contributed by atoms with Gasteiger partial charge >= 0.3 is 6.18 Å². The molecule has 0 spiro atoms. The van der Waals surface area contributed by atoms with Gasteiger partial charge in [-0.2, -0.15) is 13.2 Å². The van der Waals surface area contributed by atoms with Crippen LogP contribution in [0.4, 0.5) is 13.2 Å². The molecule has 0 bridgehead atoms. The predicted octanol–water partition coefficient (Wildman–Crippen LogP) is 3.62. The van der Waals surface area contributed by atoms with Gasteiger partial charge in [0.15, 0.2) is 0 Å². The first-order chi connectivity index (χ1) is 5.87. The van der Waals surface area contributed by atoms with E-state index < -0.39 is 11.6 Å². The summed E-state index contributed by atoms with van der Waals surface area (Å²) in [6, 6.07) is 0. The number of rotatable bonds is 1. The van der Waals surface area contributed by atoms with Gasteiger partial charge in [-0.25, -0.2) is 0 Å². The van der Waals surface area contributed by atoms with Crippen molar-refractivity contribution in [3.05, 3.63) is 0 Å². The van der Waals surface area contributed by atoms with E-state index in [2.05, 4.69) is 0 Å². The first kappa shape index (κ1) is 9.35. The summed E-state index contributed by atoms with van der Waals surface area (Å²) in [4.78, 5) is 0. The van der Waals surface area contributed by atoms with Gasteiger partial charge in [0.2, 0.25) is 0 Å². The molecule has 2 aliphatic rings. The Balaban J connectivity index is 2.22. The van der Waals surface area contributed by atoms with Gasteiger partial charge in [-0.05, 0) is 37.0 Å². The van der Waals surface area contributed by atoms with Crippen LogP contribution in [0.3, 0.4) is 0 Å². The van der Waals surface area contributed by atoms with Crippen LogP contribution in [0, 0.1) is 23.2 Å². The van der Waals surface area contributed by atoms with Gasteiger partial charge in [0.1, 0.15) is 0 Å². The van der Waals surface area contributed by atoms with Crippen molar-refractivity contribution in [1.29, 1.82) is 0 Å². The van der Waals surface area contributed by atoms with Gasteiger partial charge in [-0.15, -0.1) is 0 Å². The number of alkyl halides is 3. The van der Waals surface area contributed by atoms with E-state index in [1.165, 1.54) is 0 Å². The van der Waals surface area contributed by atoms with E-state index in [4.69, 9.17) is 0 Å². The van der Waals surface area contributed by atoms with Crippen LogP contribution in [-0.2, 0) is 0 Å². The number of hydrogen-bond acceptors (Lipinski definition) is 0. The van der Waals surface area contributed by atoms with Gasteiger partial charge in [0, 0.05) is 0 Å². The first-order valence-corrected chi connectivity index (χ1v) is 4.93. The van der Waals surface area contributed by atoms with Gasteiger partial charge in [-0.1, -0.05) is 13.8 Å². The molecular formula is C10H15F3. The highest BCUT2D eigenvalue weighted by Crippen LogP contribution is 2.67. The van der Waals surface area contributed by atoms with Crippen molar-refractivity contribution >= 4 is 0 Å². The standard InChI is InChI=1S/C10H15F3/c1-6(2)9(10(11,12)13)4-7-3-8(7)5-9/h6-8H,3-5H2,1-2H3. The number of hydrogen-bond donors (Lipinski definition) is 0. The molecule has 0 N–H and O–H groups in total. The van der Waals surface area contributed by atoms with Crippen LogP contribution in [0.25, 0.3) is 0 Å². The third-order valence-electron chi connectivity index (χ3n) is 3.99. The van der Waals surface area contributed by atoms with Gasteiger partial charge in [0.05, 0.1) is 5.41 Å². The molecule has 2 aliphatic carbocycles. The smallest absolute Gasteiger partial charge is 0.170 e. The molecule has 0 aliphatic heterocycles. The summed E-state index contributed by atoms with van der Waals surface area (Å²) in [7, 11) is 0. The molecule has 13 heavy (non-hydrogen) atoms. The van der Waals surface area contributed by atoms with E-state index in [0.29, 0.717) is 24.7 Å². The predicted molar refractivity (Wildman–Crippen MR) is 44.2 cm³/mol. The minimum Gasteiger partial charge on any atom is -0.170 e. The Kier molecular flexibility index (Phi) is 1.74. The van der Waals surface area contributed by atoms with Crippen molar-refractivity contribution in [2.75, 3.05) is 0 Å². The molecule has 0 nitrogen and oxygen atoms in total. The summed E-state index contributed by atoms with van der Waals surface area (Å²) in [6.45, 7) is 3.41. The molecule has 0 aromatic heterocycles. The highest BCUT2D eigenvalue weighted by atomic mass is 19.4. The molecule has 0 aromatic rings. The average molecular weight is 192 g/mol. The van der Waals surface area contributed by atoms with Gasteiger partial charge in [-0.3, -0.25) is 0 Å². The van der Waals surface area contributed by atoms with Crippen molar-refractivity contribution in [3.8, 4) is 0 Å². The SMILES string of the molecule is CC(C)C1(C(F)(F)F)CC2CC2C1. The molecule has 76 valence electrons. The second-order valence-corrected chi connectivity index (χ2v) is 4.97. The quantitative estimate of drug-likeness (QED) is 0.595. The molecule has 2 unspecified atom stereocenters. The lowest BCUT2D eigenvalue weighted by Gasteiger charge is -2.37. The molecule has 2 fully saturated rings. The Morgan fingerprint density at radius 1 is 1.15 bits per heavy atom. The van der Waals surface area contributed by atoms with E-state index in [9.17, 15) is 13.2 Å². The van der Waals surface area contributed by atoms with E-state index in [0.717, 1.165) is 6.42 Å².